The van der Waals surface area contributed by atoms with E-state index in [-0.39, 0.29) is 17.3 Å². The summed E-state index contributed by atoms with van der Waals surface area (Å²) in [6.07, 6.45) is 4.24. The standard InChI is InChI=1S/C13H15FN2O3/c1-19-13(18)9-8-15-11(7-10(9)14)16-6-4-2-3-5-12(16)17/h7-8H,2-6H2,1H3. The molecule has 0 unspecified atom stereocenters. The summed E-state index contributed by atoms with van der Waals surface area (Å²) in [6, 6.07) is 1.11. The number of hydrogen-bond donors (Lipinski definition) is 0. The summed E-state index contributed by atoms with van der Waals surface area (Å²) in [5, 5.41) is 0. The molecule has 1 saturated heterocycles. The molecule has 1 aromatic heterocycles. The first-order chi connectivity index (χ1) is 9.13. The number of rotatable bonds is 2. The molecule has 1 aliphatic heterocycles. The molecular formula is C13H15FN2O3. The first kappa shape index (κ1) is 13.5. The van der Waals surface area contributed by atoms with E-state index >= 15 is 0 Å². The Morgan fingerprint density at radius 3 is 2.89 bits per heavy atom. The molecule has 0 bridgehead atoms. The second-order valence-corrected chi connectivity index (χ2v) is 4.37. The van der Waals surface area contributed by atoms with Gasteiger partial charge in [0.2, 0.25) is 5.91 Å². The van der Waals surface area contributed by atoms with Crippen molar-refractivity contribution in [1.29, 1.82) is 0 Å². The Balaban J connectivity index is 2.28. The van der Waals surface area contributed by atoms with Gasteiger partial charge in [-0.2, -0.15) is 0 Å². The molecule has 1 amide bonds. The Labute approximate surface area is 110 Å². The number of esters is 1. The van der Waals surface area contributed by atoms with Crippen LogP contribution in [0.5, 0.6) is 0 Å². The van der Waals surface area contributed by atoms with E-state index in [9.17, 15) is 14.0 Å². The molecule has 19 heavy (non-hydrogen) atoms. The molecule has 0 radical (unpaired) electrons. The van der Waals surface area contributed by atoms with Crippen molar-refractivity contribution in [1.82, 2.24) is 4.98 Å². The number of halogens is 1. The van der Waals surface area contributed by atoms with Crippen molar-refractivity contribution in [2.24, 2.45) is 0 Å². The summed E-state index contributed by atoms with van der Waals surface area (Å²) in [5.41, 5.74) is -0.228. The highest BCUT2D eigenvalue weighted by Gasteiger charge is 2.21. The van der Waals surface area contributed by atoms with Gasteiger partial charge in [-0.15, -0.1) is 0 Å². The number of ether oxygens (including phenoxy) is 1. The van der Waals surface area contributed by atoms with Crippen molar-refractivity contribution in [2.75, 3.05) is 18.6 Å². The Morgan fingerprint density at radius 2 is 2.21 bits per heavy atom. The highest BCUT2D eigenvalue weighted by atomic mass is 19.1. The maximum absolute atomic E-state index is 13.8. The molecule has 6 heteroatoms. The molecule has 1 fully saturated rings. The number of nitrogens with zero attached hydrogens (tertiary/aromatic N) is 2. The zero-order valence-electron chi connectivity index (χ0n) is 10.7. The van der Waals surface area contributed by atoms with Gasteiger partial charge in [0.25, 0.3) is 0 Å². The summed E-state index contributed by atoms with van der Waals surface area (Å²) in [4.78, 5) is 28.6. The van der Waals surface area contributed by atoms with Crippen LogP contribution in [-0.2, 0) is 9.53 Å². The lowest BCUT2D eigenvalue weighted by Crippen LogP contribution is -2.31. The fourth-order valence-electron chi connectivity index (χ4n) is 2.05. The maximum atomic E-state index is 13.8. The number of pyridine rings is 1. The average molecular weight is 266 g/mol. The van der Waals surface area contributed by atoms with Gasteiger partial charge in [-0.05, 0) is 12.8 Å². The predicted octanol–water partition coefficient (Wildman–Crippen LogP) is 1.91. The van der Waals surface area contributed by atoms with E-state index in [1.807, 2.05) is 0 Å². The van der Waals surface area contributed by atoms with Crippen LogP contribution < -0.4 is 4.90 Å². The number of carbonyl (C=O) groups is 2. The highest BCUT2D eigenvalue weighted by molar-refractivity contribution is 5.93. The second kappa shape index (κ2) is 5.77. The summed E-state index contributed by atoms with van der Waals surface area (Å²) >= 11 is 0. The van der Waals surface area contributed by atoms with E-state index in [1.54, 1.807) is 0 Å². The van der Waals surface area contributed by atoms with Gasteiger partial charge < -0.3 is 4.74 Å². The van der Waals surface area contributed by atoms with Crippen LogP contribution in [0.25, 0.3) is 0 Å². The first-order valence-corrected chi connectivity index (χ1v) is 6.17. The third kappa shape index (κ3) is 2.89. The largest absolute Gasteiger partial charge is 0.465 e. The summed E-state index contributed by atoms with van der Waals surface area (Å²) in [5.74, 6) is -1.32. The van der Waals surface area contributed by atoms with Gasteiger partial charge in [-0.25, -0.2) is 14.2 Å². The van der Waals surface area contributed by atoms with Gasteiger partial charge in [-0.3, -0.25) is 9.69 Å². The predicted molar refractivity (Wildman–Crippen MR) is 66.4 cm³/mol. The topological polar surface area (TPSA) is 59.5 Å². The highest BCUT2D eigenvalue weighted by Crippen LogP contribution is 2.20. The SMILES string of the molecule is COC(=O)c1cnc(N2CCCCCC2=O)cc1F. The normalized spacial score (nSPS) is 16.1. The molecule has 0 aromatic carbocycles. The molecule has 2 heterocycles. The Morgan fingerprint density at radius 1 is 1.42 bits per heavy atom. The van der Waals surface area contributed by atoms with Gasteiger partial charge in [0, 0.05) is 25.2 Å². The van der Waals surface area contributed by atoms with Crippen LogP contribution in [0.3, 0.4) is 0 Å². The number of methoxy groups -OCH3 is 1. The minimum Gasteiger partial charge on any atom is -0.465 e. The van der Waals surface area contributed by atoms with E-state index in [4.69, 9.17) is 0 Å². The fraction of sp³-hybridized carbons (Fsp3) is 0.462. The molecule has 0 spiro atoms. The van der Waals surface area contributed by atoms with Gasteiger partial charge in [0.15, 0.2) is 0 Å². The van der Waals surface area contributed by atoms with Gasteiger partial charge in [0.05, 0.1) is 7.11 Å². The number of carbonyl (C=O) groups excluding carboxylic acids is 2. The van der Waals surface area contributed by atoms with E-state index in [1.165, 1.54) is 12.0 Å². The van der Waals surface area contributed by atoms with E-state index in [0.717, 1.165) is 31.5 Å². The summed E-state index contributed by atoms with van der Waals surface area (Å²) in [6.45, 7) is 0.531. The Hall–Kier alpha value is -1.98. The molecule has 102 valence electrons. The molecule has 0 saturated carbocycles. The summed E-state index contributed by atoms with van der Waals surface area (Å²) < 4.78 is 18.2. The number of aromatic nitrogens is 1. The molecule has 5 nitrogen and oxygen atoms in total. The lowest BCUT2D eigenvalue weighted by Gasteiger charge is -2.19. The van der Waals surface area contributed by atoms with Crippen LogP contribution in [0, 0.1) is 5.82 Å². The van der Waals surface area contributed by atoms with Gasteiger partial charge in [-0.1, -0.05) is 6.42 Å². The smallest absolute Gasteiger partial charge is 0.342 e. The monoisotopic (exact) mass is 266 g/mol. The first-order valence-electron chi connectivity index (χ1n) is 6.17. The number of hydrogen-bond acceptors (Lipinski definition) is 4. The van der Waals surface area contributed by atoms with E-state index in [2.05, 4.69) is 9.72 Å². The molecular weight excluding hydrogens is 251 g/mol. The molecule has 0 N–H and O–H groups in total. The zero-order valence-corrected chi connectivity index (χ0v) is 10.7. The van der Waals surface area contributed by atoms with Crippen molar-refractivity contribution < 1.29 is 18.7 Å². The minimum atomic E-state index is -0.779. The number of anilines is 1. The van der Waals surface area contributed by atoms with Crippen molar-refractivity contribution in [3.63, 3.8) is 0 Å². The molecule has 2 rings (SSSR count). The van der Waals surface area contributed by atoms with Crippen LogP contribution in [0.1, 0.15) is 36.0 Å². The molecule has 0 aliphatic carbocycles. The molecule has 1 aliphatic rings. The molecule has 1 aromatic rings. The van der Waals surface area contributed by atoms with Crippen LogP contribution in [0.2, 0.25) is 0 Å². The van der Waals surface area contributed by atoms with Crippen molar-refractivity contribution in [3.05, 3.63) is 23.6 Å². The van der Waals surface area contributed by atoms with E-state index < -0.39 is 11.8 Å². The van der Waals surface area contributed by atoms with Crippen LogP contribution >= 0.6 is 0 Å². The lowest BCUT2D eigenvalue weighted by atomic mass is 10.2. The van der Waals surface area contributed by atoms with E-state index in [0.29, 0.717) is 13.0 Å². The van der Waals surface area contributed by atoms with Crippen LogP contribution in [0.15, 0.2) is 12.3 Å². The Kier molecular flexibility index (Phi) is 4.09. The van der Waals surface area contributed by atoms with Crippen LogP contribution in [0.4, 0.5) is 10.2 Å². The summed E-state index contributed by atoms with van der Waals surface area (Å²) in [7, 11) is 1.17. The number of amides is 1. The van der Waals surface area contributed by atoms with Crippen molar-refractivity contribution >= 4 is 17.7 Å². The minimum absolute atomic E-state index is 0.0600. The van der Waals surface area contributed by atoms with Crippen molar-refractivity contribution in [2.45, 2.75) is 25.7 Å². The fourth-order valence-corrected chi connectivity index (χ4v) is 2.05. The lowest BCUT2D eigenvalue weighted by molar-refractivity contribution is -0.118. The third-order valence-electron chi connectivity index (χ3n) is 3.09. The maximum Gasteiger partial charge on any atom is 0.342 e. The van der Waals surface area contributed by atoms with Gasteiger partial charge >= 0.3 is 5.97 Å². The van der Waals surface area contributed by atoms with Gasteiger partial charge in [0.1, 0.15) is 17.2 Å². The zero-order chi connectivity index (χ0) is 13.8. The van der Waals surface area contributed by atoms with Crippen LogP contribution in [-0.4, -0.2) is 30.5 Å². The molecule has 0 atom stereocenters. The third-order valence-corrected chi connectivity index (χ3v) is 3.09. The van der Waals surface area contributed by atoms with Crippen molar-refractivity contribution in [3.8, 4) is 0 Å². The quantitative estimate of drug-likeness (QED) is 0.767. The second-order valence-electron chi connectivity index (χ2n) is 4.37. The Bertz CT molecular complexity index is 505. The average Bonchev–Trinajstić information content (AvgIpc) is 2.62.